The largest absolute Gasteiger partial charge is 0.453 e. The number of hydrogen-bond donors (Lipinski definition) is 0. The molecule has 0 spiro atoms. The molecule has 1 aliphatic heterocycles. The number of benzene rings is 2. The van der Waals surface area contributed by atoms with Crippen molar-refractivity contribution in [2.75, 3.05) is 7.11 Å². The smallest absolute Gasteiger partial charge is 0.303 e. The molecule has 2 aromatic rings. The molecule has 1 aliphatic rings. The highest BCUT2D eigenvalue weighted by atomic mass is 35.5. The van der Waals surface area contributed by atoms with Crippen LogP contribution in [0.1, 0.15) is 22.8 Å². The van der Waals surface area contributed by atoms with Gasteiger partial charge in [-0.05, 0) is 18.2 Å². The van der Waals surface area contributed by atoms with E-state index in [0.717, 1.165) is 0 Å². The summed E-state index contributed by atoms with van der Waals surface area (Å²) in [7, 11) is 1.40. The Kier molecular flexibility index (Phi) is 4.30. The van der Waals surface area contributed by atoms with Gasteiger partial charge in [-0.25, -0.2) is 0 Å². The topological polar surface area (TPSA) is 61.8 Å². The third-order valence-electron chi connectivity index (χ3n) is 3.82. The molecule has 5 nitrogen and oxygen atoms in total. The summed E-state index contributed by atoms with van der Waals surface area (Å²) in [6, 6.07) is 13.6. The summed E-state index contributed by atoms with van der Waals surface area (Å²) in [5.74, 6) is -2.29. The van der Waals surface area contributed by atoms with Gasteiger partial charge in [0.2, 0.25) is 11.9 Å². The first kappa shape index (κ1) is 16.5. The number of methoxy groups -OCH3 is 1. The highest BCUT2D eigenvalue weighted by Crippen LogP contribution is 2.42. The average molecular weight is 347 g/mol. The quantitative estimate of drug-likeness (QED) is 0.798. The van der Waals surface area contributed by atoms with Gasteiger partial charge in [0, 0.05) is 24.6 Å². The van der Waals surface area contributed by atoms with Gasteiger partial charge in [0.05, 0.1) is 5.56 Å². The van der Waals surface area contributed by atoms with Crippen molar-refractivity contribution >= 4 is 23.4 Å². The van der Waals surface area contributed by atoms with Crippen LogP contribution in [0.15, 0.2) is 48.5 Å². The molecule has 24 heavy (non-hydrogen) atoms. The third-order valence-corrected chi connectivity index (χ3v) is 4.05. The van der Waals surface area contributed by atoms with Crippen LogP contribution in [0.4, 0.5) is 0 Å². The molecule has 2 aromatic carbocycles. The SMILES string of the molecule is CO[C@]1(c2ccccc2)Oc2ccc(Cl)cc2C(=O)[C@H]1OC(C)=O. The summed E-state index contributed by atoms with van der Waals surface area (Å²) in [6.45, 7) is 1.23. The zero-order chi connectivity index (χ0) is 17.3. The van der Waals surface area contributed by atoms with Crippen molar-refractivity contribution in [3.8, 4) is 5.75 Å². The third kappa shape index (κ3) is 2.66. The van der Waals surface area contributed by atoms with Crippen LogP contribution >= 0.6 is 11.6 Å². The van der Waals surface area contributed by atoms with Crippen molar-refractivity contribution in [1.29, 1.82) is 0 Å². The first-order valence-corrected chi connectivity index (χ1v) is 7.66. The predicted molar refractivity (Wildman–Crippen MR) is 87.1 cm³/mol. The number of carbonyl (C=O) groups excluding carboxylic acids is 2. The maximum atomic E-state index is 13.0. The van der Waals surface area contributed by atoms with E-state index in [0.29, 0.717) is 16.3 Å². The maximum Gasteiger partial charge on any atom is 0.303 e. The molecule has 0 aliphatic carbocycles. The monoisotopic (exact) mass is 346 g/mol. The molecule has 0 fully saturated rings. The molecule has 124 valence electrons. The maximum absolute atomic E-state index is 13.0. The van der Waals surface area contributed by atoms with Crippen LogP contribution in [-0.2, 0) is 20.1 Å². The van der Waals surface area contributed by atoms with Crippen molar-refractivity contribution < 1.29 is 23.8 Å². The number of ketones is 1. The Morgan fingerprint density at radius 2 is 1.92 bits per heavy atom. The fraction of sp³-hybridized carbons (Fsp3) is 0.222. The number of halogens is 1. The Bertz CT molecular complexity index is 789. The van der Waals surface area contributed by atoms with Crippen LogP contribution < -0.4 is 4.74 Å². The number of Topliss-reactive ketones (excluding diaryl/α,β-unsaturated/α-hetero) is 1. The second-order valence-corrected chi connectivity index (χ2v) is 5.77. The van der Waals surface area contributed by atoms with Crippen molar-refractivity contribution in [2.45, 2.75) is 18.8 Å². The van der Waals surface area contributed by atoms with E-state index in [2.05, 4.69) is 0 Å². The van der Waals surface area contributed by atoms with E-state index in [4.69, 9.17) is 25.8 Å². The minimum Gasteiger partial charge on any atom is -0.453 e. The first-order chi connectivity index (χ1) is 11.5. The molecular weight excluding hydrogens is 332 g/mol. The van der Waals surface area contributed by atoms with Crippen molar-refractivity contribution in [3.63, 3.8) is 0 Å². The summed E-state index contributed by atoms with van der Waals surface area (Å²) in [6.07, 6.45) is -1.28. The molecule has 6 heteroatoms. The second-order valence-electron chi connectivity index (χ2n) is 5.33. The van der Waals surface area contributed by atoms with Gasteiger partial charge in [0.1, 0.15) is 5.75 Å². The van der Waals surface area contributed by atoms with Gasteiger partial charge in [-0.15, -0.1) is 0 Å². The summed E-state index contributed by atoms with van der Waals surface area (Å²) < 4.78 is 16.9. The average Bonchev–Trinajstić information content (AvgIpc) is 2.58. The molecule has 0 bridgehead atoms. The minimum atomic E-state index is -1.56. The number of rotatable bonds is 3. The van der Waals surface area contributed by atoms with E-state index in [9.17, 15) is 9.59 Å². The molecule has 1 heterocycles. The molecule has 0 saturated carbocycles. The van der Waals surface area contributed by atoms with E-state index < -0.39 is 23.6 Å². The van der Waals surface area contributed by atoms with Crippen LogP contribution in [0.2, 0.25) is 5.02 Å². The van der Waals surface area contributed by atoms with Crippen molar-refractivity contribution in [1.82, 2.24) is 0 Å². The van der Waals surface area contributed by atoms with E-state index in [-0.39, 0.29) is 5.56 Å². The van der Waals surface area contributed by atoms with Gasteiger partial charge >= 0.3 is 5.97 Å². The van der Waals surface area contributed by atoms with Crippen LogP contribution in [0, 0.1) is 0 Å². The zero-order valence-corrected chi connectivity index (χ0v) is 13.9. The van der Waals surface area contributed by atoms with Crippen molar-refractivity contribution in [2.24, 2.45) is 0 Å². The van der Waals surface area contributed by atoms with E-state index in [1.165, 1.54) is 20.1 Å². The Hall–Kier alpha value is -2.37. The summed E-state index contributed by atoms with van der Waals surface area (Å²) in [4.78, 5) is 24.5. The first-order valence-electron chi connectivity index (χ1n) is 7.28. The lowest BCUT2D eigenvalue weighted by Gasteiger charge is -2.41. The van der Waals surface area contributed by atoms with Gasteiger partial charge in [0.15, 0.2) is 0 Å². The number of fused-ring (bicyclic) bond motifs is 1. The number of ether oxygens (including phenoxy) is 3. The second kappa shape index (κ2) is 6.26. The zero-order valence-electron chi connectivity index (χ0n) is 13.1. The summed E-state index contributed by atoms with van der Waals surface area (Å²) in [5.41, 5.74) is 0.810. The van der Waals surface area contributed by atoms with Gasteiger partial charge in [-0.2, -0.15) is 0 Å². The molecule has 0 saturated heterocycles. The standard InChI is InChI=1S/C18H15ClO5/c1-11(20)23-17-16(21)14-10-13(19)8-9-15(14)24-18(17,22-2)12-6-4-3-5-7-12/h3-10,17H,1-2H3/t17-,18-/m1/s1. The van der Waals surface area contributed by atoms with Gasteiger partial charge < -0.3 is 14.2 Å². The molecule has 0 N–H and O–H groups in total. The number of hydrogen-bond acceptors (Lipinski definition) is 5. The fourth-order valence-corrected chi connectivity index (χ4v) is 2.93. The van der Waals surface area contributed by atoms with Gasteiger partial charge in [-0.1, -0.05) is 41.9 Å². The molecule has 0 unspecified atom stereocenters. The fourth-order valence-electron chi connectivity index (χ4n) is 2.76. The van der Waals surface area contributed by atoms with E-state index >= 15 is 0 Å². The van der Waals surface area contributed by atoms with Crippen LogP contribution in [0.25, 0.3) is 0 Å². The van der Waals surface area contributed by atoms with Gasteiger partial charge in [0.25, 0.3) is 5.79 Å². The summed E-state index contributed by atoms with van der Waals surface area (Å²) in [5, 5.41) is 0.386. The Balaban J connectivity index is 2.20. The van der Waals surface area contributed by atoms with Crippen molar-refractivity contribution in [3.05, 3.63) is 64.7 Å². The molecule has 2 atom stereocenters. The Morgan fingerprint density at radius 3 is 2.54 bits per heavy atom. The lowest BCUT2D eigenvalue weighted by Crippen LogP contribution is -2.55. The molecule has 0 radical (unpaired) electrons. The molecular formula is C18H15ClO5. The number of esters is 1. The predicted octanol–water partition coefficient (Wildman–Crippen LogP) is 3.35. The molecule has 0 aromatic heterocycles. The normalized spacial score (nSPS) is 22.5. The van der Waals surface area contributed by atoms with Gasteiger partial charge in [-0.3, -0.25) is 9.59 Å². The highest BCUT2D eigenvalue weighted by molar-refractivity contribution is 6.31. The molecule has 3 rings (SSSR count). The highest BCUT2D eigenvalue weighted by Gasteiger charge is 2.54. The van der Waals surface area contributed by atoms with E-state index in [1.807, 2.05) is 6.07 Å². The Labute approximate surface area is 144 Å². The lowest BCUT2D eigenvalue weighted by molar-refractivity contribution is -0.233. The summed E-state index contributed by atoms with van der Waals surface area (Å²) >= 11 is 5.97. The van der Waals surface area contributed by atoms with Crippen LogP contribution in [-0.4, -0.2) is 25.0 Å². The van der Waals surface area contributed by atoms with Crippen LogP contribution in [0.5, 0.6) is 5.75 Å². The number of carbonyl (C=O) groups is 2. The van der Waals surface area contributed by atoms with Crippen LogP contribution in [0.3, 0.4) is 0 Å². The Morgan fingerprint density at radius 1 is 1.21 bits per heavy atom. The van der Waals surface area contributed by atoms with E-state index in [1.54, 1.807) is 36.4 Å². The lowest BCUT2D eigenvalue weighted by atomic mass is 9.90. The molecule has 0 amide bonds. The minimum absolute atomic E-state index is 0.248.